The number of hydrogen-bond acceptors (Lipinski definition) is 5. The highest BCUT2D eigenvalue weighted by Gasteiger charge is 2.35. The molecule has 0 spiro atoms. The van der Waals surface area contributed by atoms with Crippen LogP contribution in [0.15, 0.2) is 24.3 Å². The molecule has 1 aromatic heterocycles. The molecule has 150 valence electrons. The summed E-state index contributed by atoms with van der Waals surface area (Å²) in [7, 11) is 2.14. The number of aromatic nitrogens is 3. The van der Waals surface area contributed by atoms with E-state index in [4.69, 9.17) is 4.74 Å². The van der Waals surface area contributed by atoms with E-state index in [0.29, 0.717) is 13.2 Å². The zero-order valence-corrected chi connectivity index (χ0v) is 16.8. The third-order valence-electron chi connectivity index (χ3n) is 5.76. The lowest BCUT2D eigenvalue weighted by Crippen LogP contribution is -2.32. The van der Waals surface area contributed by atoms with Gasteiger partial charge < -0.3 is 19.1 Å². The van der Waals surface area contributed by atoms with Gasteiger partial charge >= 0.3 is 0 Å². The van der Waals surface area contributed by atoms with Crippen LogP contribution in [0.1, 0.15) is 53.4 Å². The molecule has 0 N–H and O–H groups in total. The van der Waals surface area contributed by atoms with Gasteiger partial charge in [-0.2, -0.15) is 0 Å². The topological polar surface area (TPSA) is 63.5 Å². The first-order chi connectivity index (χ1) is 13.7. The molecular formula is C21H29N5O2. The summed E-state index contributed by atoms with van der Waals surface area (Å²) in [5, 5.41) is 8.94. The van der Waals surface area contributed by atoms with Gasteiger partial charge in [0.1, 0.15) is 5.82 Å². The number of fused-ring (bicyclic) bond motifs is 1. The molecule has 2 aromatic rings. The second kappa shape index (κ2) is 8.41. The highest BCUT2D eigenvalue weighted by Crippen LogP contribution is 2.33. The minimum atomic E-state index is 0.0141. The van der Waals surface area contributed by atoms with Crippen molar-refractivity contribution in [2.75, 3.05) is 33.3 Å². The smallest absolute Gasteiger partial charge is 0.254 e. The summed E-state index contributed by atoms with van der Waals surface area (Å²) in [6.07, 6.45) is 2.86. The summed E-state index contributed by atoms with van der Waals surface area (Å²) in [6, 6.07) is 7.79. The van der Waals surface area contributed by atoms with E-state index < -0.39 is 0 Å². The van der Waals surface area contributed by atoms with Crippen LogP contribution in [0.5, 0.6) is 0 Å². The summed E-state index contributed by atoms with van der Waals surface area (Å²) >= 11 is 0. The van der Waals surface area contributed by atoms with Crippen LogP contribution < -0.4 is 0 Å². The van der Waals surface area contributed by atoms with Crippen LogP contribution in [0.2, 0.25) is 0 Å². The van der Waals surface area contributed by atoms with Gasteiger partial charge in [0.05, 0.1) is 12.6 Å². The summed E-state index contributed by atoms with van der Waals surface area (Å²) in [6.45, 7) is 6.89. The number of rotatable bonds is 5. The lowest BCUT2D eigenvalue weighted by atomic mass is 10.1. The molecule has 1 fully saturated rings. The van der Waals surface area contributed by atoms with E-state index in [0.717, 1.165) is 68.2 Å². The second-order valence-corrected chi connectivity index (χ2v) is 7.67. The molecule has 28 heavy (non-hydrogen) atoms. The maximum atomic E-state index is 13.2. The Hall–Kier alpha value is -2.25. The molecule has 0 radical (unpaired) electrons. The standard InChI is InChI=1S/C21H29N5O2/c1-3-28-15-16-6-8-17(9-7-16)21(27)25-11-4-5-18(25)20-23-22-19-10-12-24(2)13-14-26(19)20/h6-9,18H,3-5,10-15H2,1-2H3/t18-/m0/s1. The fraction of sp³-hybridized carbons (Fsp3) is 0.571. The van der Waals surface area contributed by atoms with Crippen LogP contribution in [0.4, 0.5) is 0 Å². The summed E-state index contributed by atoms with van der Waals surface area (Å²) in [5.74, 6) is 2.07. The zero-order valence-electron chi connectivity index (χ0n) is 16.8. The number of amides is 1. The fourth-order valence-corrected chi connectivity index (χ4v) is 4.11. The van der Waals surface area contributed by atoms with Gasteiger partial charge in [-0.15, -0.1) is 10.2 Å². The van der Waals surface area contributed by atoms with E-state index in [1.807, 2.05) is 36.1 Å². The number of carbonyl (C=O) groups is 1. The van der Waals surface area contributed by atoms with Crippen LogP contribution in [0.3, 0.4) is 0 Å². The van der Waals surface area contributed by atoms with Crippen LogP contribution in [-0.2, 0) is 24.3 Å². The van der Waals surface area contributed by atoms with Gasteiger partial charge in [0.2, 0.25) is 0 Å². The highest BCUT2D eigenvalue weighted by atomic mass is 16.5. The largest absolute Gasteiger partial charge is 0.377 e. The molecule has 1 atom stereocenters. The second-order valence-electron chi connectivity index (χ2n) is 7.67. The van der Waals surface area contributed by atoms with E-state index >= 15 is 0 Å². The number of ether oxygens (including phenoxy) is 1. The van der Waals surface area contributed by atoms with Crippen molar-refractivity contribution in [1.29, 1.82) is 0 Å². The van der Waals surface area contributed by atoms with Crippen molar-refractivity contribution in [2.45, 2.75) is 45.4 Å². The number of nitrogens with zero attached hydrogens (tertiary/aromatic N) is 5. The molecule has 2 aliphatic rings. The molecule has 0 bridgehead atoms. The Labute approximate surface area is 166 Å². The first-order valence-electron chi connectivity index (χ1n) is 10.3. The molecule has 0 unspecified atom stereocenters. The minimum absolute atomic E-state index is 0.0141. The van der Waals surface area contributed by atoms with Crippen LogP contribution in [0.25, 0.3) is 0 Å². The van der Waals surface area contributed by atoms with E-state index in [1.54, 1.807) is 0 Å². The minimum Gasteiger partial charge on any atom is -0.377 e. The van der Waals surface area contributed by atoms with Crippen LogP contribution in [0, 0.1) is 0 Å². The predicted octanol–water partition coefficient (Wildman–Crippen LogP) is 2.28. The van der Waals surface area contributed by atoms with Gasteiger partial charge in [0.15, 0.2) is 5.82 Å². The Morgan fingerprint density at radius 2 is 1.96 bits per heavy atom. The Kier molecular flexibility index (Phi) is 5.73. The molecule has 1 aromatic carbocycles. The number of likely N-dealkylation sites (N-methyl/N-ethyl adjacent to an activating group) is 1. The molecule has 1 saturated heterocycles. The third kappa shape index (κ3) is 3.82. The quantitative estimate of drug-likeness (QED) is 0.793. The molecule has 0 saturated carbocycles. The lowest BCUT2D eigenvalue weighted by Gasteiger charge is -2.25. The van der Waals surface area contributed by atoms with Crippen molar-refractivity contribution < 1.29 is 9.53 Å². The Morgan fingerprint density at radius 3 is 2.75 bits per heavy atom. The molecular weight excluding hydrogens is 354 g/mol. The van der Waals surface area contributed by atoms with Crippen molar-refractivity contribution in [2.24, 2.45) is 0 Å². The van der Waals surface area contributed by atoms with E-state index in [9.17, 15) is 4.79 Å². The Bertz CT molecular complexity index is 817. The van der Waals surface area contributed by atoms with Crippen LogP contribution in [-0.4, -0.2) is 63.8 Å². The molecule has 3 heterocycles. The third-order valence-corrected chi connectivity index (χ3v) is 5.76. The van der Waals surface area contributed by atoms with Gasteiger partial charge in [0.25, 0.3) is 5.91 Å². The Balaban J connectivity index is 1.53. The normalized spacial score (nSPS) is 20.2. The average Bonchev–Trinajstić information content (AvgIpc) is 3.31. The predicted molar refractivity (Wildman–Crippen MR) is 106 cm³/mol. The van der Waals surface area contributed by atoms with Crippen molar-refractivity contribution in [3.8, 4) is 0 Å². The maximum absolute atomic E-state index is 13.2. The Morgan fingerprint density at radius 1 is 1.14 bits per heavy atom. The zero-order chi connectivity index (χ0) is 19.5. The van der Waals surface area contributed by atoms with E-state index in [1.165, 1.54) is 0 Å². The van der Waals surface area contributed by atoms with Gasteiger partial charge in [-0.05, 0) is 44.5 Å². The van der Waals surface area contributed by atoms with Crippen molar-refractivity contribution in [3.63, 3.8) is 0 Å². The summed E-state index contributed by atoms with van der Waals surface area (Å²) < 4.78 is 7.68. The molecule has 4 rings (SSSR count). The number of benzene rings is 1. The SMILES string of the molecule is CCOCc1ccc(C(=O)N2CCC[C@H]2c2nnc3n2CCN(C)CC3)cc1. The summed E-state index contributed by atoms with van der Waals surface area (Å²) in [4.78, 5) is 17.5. The average molecular weight is 383 g/mol. The van der Waals surface area contributed by atoms with Crippen molar-refractivity contribution in [1.82, 2.24) is 24.6 Å². The first kappa shape index (κ1) is 19.1. The van der Waals surface area contributed by atoms with Crippen LogP contribution >= 0.6 is 0 Å². The first-order valence-corrected chi connectivity index (χ1v) is 10.3. The molecule has 7 heteroatoms. The van der Waals surface area contributed by atoms with Gasteiger partial charge in [0, 0.05) is 44.8 Å². The van der Waals surface area contributed by atoms with Crippen molar-refractivity contribution >= 4 is 5.91 Å². The fourth-order valence-electron chi connectivity index (χ4n) is 4.11. The molecule has 7 nitrogen and oxygen atoms in total. The van der Waals surface area contributed by atoms with Crippen molar-refractivity contribution in [3.05, 3.63) is 47.0 Å². The number of hydrogen-bond donors (Lipinski definition) is 0. The van der Waals surface area contributed by atoms with E-state index in [2.05, 4.69) is 26.7 Å². The monoisotopic (exact) mass is 383 g/mol. The highest BCUT2D eigenvalue weighted by molar-refractivity contribution is 5.94. The van der Waals surface area contributed by atoms with Gasteiger partial charge in [-0.25, -0.2) is 0 Å². The molecule has 1 amide bonds. The lowest BCUT2D eigenvalue weighted by molar-refractivity contribution is 0.0726. The van der Waals surface area contributed by atoms with Gasteiger partial charge in [-0.1, -0.05) is 12.1 Å². The molecule has 0 aliphatic carbocycles. The summed E-state index contributed by atoms with van der Waals surface area (Å²) in [5.41, 5.74) is 1.81. The van der Waals surface area contributed by atoms with Gasteiger partial charge in [-0.3, -0.25) is 4.79 Å². The molecule has 2 aliphatic heterocycles. The maximum Gasteiger partial charge on any atom is 0.254 e. The number of likely N-dealkylation sites (tertiary alicyclic amines) is 1. The van der Waals surface area contributed by atoms with E-state index in [-0.39, 0.29) is 11.9 Å². The number of carbonyl (C=O) groups excluding carboxylic acids is 1.